The number of rotatable bonds is 5. The van der Waals surface area contributed by atoms with Crippen LogP contribution < -0.4 is 17.0 Å². The van der Waals surface area contributed by atoms with Crippen molar-refractivity contribution in [3.05, 3.63) is 39.2 Å². The number of anilines is 1. The van der Waals surface area contributed by atoms with Crippen molar-refractivity contribution in [2.75, 3.05) is 11.5 Å². The third-order valence-electron chi connectivity index (χ3n) is 2.62. The Balaban J connectivity index is 1.87. The number of aromatic amines is 1. The minimum Gasteiger partial charge on any atom is -0.398 e. The summed E-state index contributed by atoms with van der Waals surface area (Å²) in [7, 11) is 1.66. The van der Waals surface area contributed by atoms with Crippen molar-refractivity contribution < 1.29 is 0 Å². The van der Waals surface area contributed by atoms with Gasteiger partial charge in [-0.15, -0.1) is 5.10 Å². The number of hydrogen-bond acceptors (Lipinski definition) is 5. The standard InChI is InChI=1S/C11H15N5O2S/c1-15-10(18)13-14-11(15)19-6-2-5-16-7-8(12)3-4-9(16)17/h3-4,7H,2,5-6,12H2,1H3,(H,13,18). The van der Waals surface area contributed by atoms with Crippen LogP contribution in [0.1, 0.15) is 6.42 Å². The Morgan fingerprint density at radius 3 is 2.89 bits per heavy atom. The third-order valence-corrected chi connectivity index (χ3v) is 3.74. The number of hydrogen-bond donors (Lipinski definition) is 2. The summed E-state index contributed by atoms with van der Waals surface area (Å²) in [5.41, 5.74) is 5.91. The van der Waals surface area contributed by atoms with Gasteiger partial charge in [-0.3, -0.25) is 9.36 Å². The average Bonchev–Trinajstić information content (AvgIpc) is 2.70. The Labute approximate surface area is 113 Å². The molecule has 0 atom stereocenters. The molecule has 0 aliphatic rings. The van der Waals surface area contributed by atoms with Crippen LogP contribution in [0, 0.1) is 0 Å². The summed E-state index contributed by atoms with van der Waals surface area (Å²) in [5.74, 6) is 0.763. The molecule has 0 saturated carbocycles. The van der Waals surface area contributed by atoms with Crippen molar-refractivity contribution in [3.8, 4) is 0 Å². The fraction of sp³-hybridized carbons (Fsp3) is 0.364. The van der Waals surface area contributed by atoms with Gasteiger partial charge in [-0.25, -0.2) is 9.89 Å². The number of nitrogen functional groups attached to an aromatic ring is 1. The average molecular weight is 281 g/mol. The van der Waals surface area contributed by atoms with Crippen LogP contribution in [0.2, 0.25) is 0 Å². The number of thioether (sulfide) groups is 1. The van der Waals surface area contributed by atoms with Crippen molar-refractivity contribution in [2.24, 2.45) is 7.05 Å². The van der Waals surface area contributed by atoms with Gasteiger partial charge in [-0.2, -0.15) is 0 Å². The zero-order valence-corrected chi connectivity index (χ0v) is 11.3. The Bertz CT molecular complexity index is 672. The van der Waals surface area contributed by atoms with Crippen molar-refractivity contribution in [3.63, 3.8) is 0 Å². The molecule has 3 N–H and O–H groups in total. The van der Waals surface area contributed by atoms with Gasteiger partial charge in [0.2, 0.25) is 0 Å². The van der Waals surface area contributed by atoms with Gasteiger partial charge < -0.3 is 10.3 Å². The summed E-state index contributed by atoms with van der Waals surface area (Å²) in [6.07, 6.45) is 2.42. The molecular weight excluding hydrogens is 266 g/mol. The van der Waals surface area contributed by atoms with Gasteiger partial charge in [0, 0.05) is 37.3 Å². The molecule has 8 heteroatoms. The van der Waals surface area contributed by atoms with Crippen LogP contribution in [-0.2, 0) is 13.6 Å². The highest BCUT2D eigenvalue weighted by Crippen LogP contribution is 2.13. The molecule has 2 heterocycles. The van der Waals surface area contributed by atoms with Crippen LogP contribution in [0.25, 0.3) is 0 Å². The second kappa shape index (κ2) is 5.79. The van der Waals surface area contributed by atoms with E-state index in [1.54, 1.807) is 23.9 Å². The maximum Gasteiger partial charge on any atom is 0.343 e. The topological polar surface area (TPSA) is 98.7 Å². The number of nitrogens with one attached hydrogen (secondary N) is 1. The molecule has 2 aromatic rings. The van der Waals surface area contributed by atoms with E-state index in [1.165, 1.54) is 22.4 Å². The van der Waals surface area contributed by atoms with Crippen molar-refractivity contribution >= 4 is 17.4 Å². The lowest BCUT2D eigenvalue weighted by molar-refractivity contribution is 0.658. The first-order chi connectivity index (χ1) is 9.08. The molecule has 0 bridgehead atoms. The minimum atomic E-state index is -0.227. The first kappa shape index (κ1) is 13.5. The summed E-state index contributed by atoms with van der Waals surface area (Å²) in [4.78, 5) is 22.7. The Kier molecular flexibility index (Phi) is 4.10. The lowest BCUT2D eigenvalue weighted by Crippen LogP contribution is -2.19. The lowest BCUT2D eigenvalue weighted by Gasteiger charge is -2.05. The zero-order chi connectivity index (χ0) is 13.8. The molecule has 7 nitrogen and oxygen atoms in total. The molecule has 0 spiro atoms. The maximum absolute atomic E-state index is 11.5. The molecule has 0 aliphatic heterocycles. The van der Waals surface area contributed by atoms with E-state index in [2.05, 4.69) is 10.2 Å². The summed E-state index contributed by atoms with van der Waals surface area (Å²) in [6, 6.07) is 3.05. The fourth-order valence-corrected chi connectivity index (χ4v) is 2.43. The van der Waals surface area contributed by atoms with E-state index in [-0.39, 0.29) is 11.2 Å². The zero-order valence-electron chi connectivity index (χ0n) is 10.5. The highest BCUT2D eigenvalue weighted by atomic mass is 32.2. The van der Waals surface area contributed by atoms with E-state index in [4.69, 9.17) is 5.73 Å². The van der Waals surface area contributed by atoms with E-state index in [0.29, 0.717) is 17.4 Å². The van der Waals surface area contributed by atoms with E-state index in [1.807, 2.05) is 0 Å². The fourth-order valence-electron chi connectivity index (χ4n) is 1.58. The summed E-state index contributed by atoms with van der Waals surface area (Å²) in [6.45, 7) is 0.593. The molecule has 0 aliphatic carbocycles. The first-order valence-electron chi connectivity index (χ1n) is 5.78. The molecule has 2 rings (SSSR count). The van der Waals surface area contributed by atoms with Crippen molar-refractivity contribution in [2.45, 2.75) is 18.1 Å². The molecule has 0 unspecified atom stereocenters. The number of nitrogens with two attached hydrogens (primary N) is 1. The highest BCUT2D eigenvalue weighted by molar-refractivity contribution is 7.99. The molecule has 102 valence electrons. The first-order valence-corrected chi connectivity index (χ1v) is 6.76. The molecule has 0 fully saturated rings. The van der Waals surface area contributed by atoms with Gasteiger partial charge in [0.1, 0.15) is 0 Å². The molecule has 0 aromatic carbocycles. The van der Waals surface area contributed by atoms with Crippen LogP contribution in [0.3, 0.4) is 0 Å². The predicted octanol–water partition coefficient (Wildman–Crippen LogP) is 0.0347. The highest BCUT2D eigenvalue weighted by Gasteiger charge is 2.04. The summed E-state index contributed by atoms with van der Waals surface area (Å²) in [5, 5.41) is 6.91. The maximum atomic E-state index is 11.5. The Morgan fingerprint density at radius 1 is 1.42 bits per heavy atom. The van der Waals surface area contributed by atoms with E-state index in [9.17, 15) is 9.59 Å². The predicted molar refractivity (Wildman–Crippen MR) is 74.3 cm³/mol. The van der Waals surface area contributed by atoms with Gasteiger partial charge in [0.05, 0.1) is 0 Å². The third kappa shape index (κ3) is 3.28. The summed E-state index contributed by atoms with van der Waals surface area (Å²) < 4.78 is 3.04. The molecule has 0 radical (unpaired) electrons. The number of nitrogens with zero attached hydrogens (tertiary/aromatic N) is 3. The number of aromatic nitrogens is 4. The second-order valence-corrected chi connectivity index (χ2v) is 5.13. The van der Waals surface area contributed by atoms with Crippen LogP contribution in [0.4, 0.5) is 5.69 Å². The Morgan fingerprint density at radius 2 is 2.21 bits per heavy atom. The van der Waals surface area contributed by atoms with Crippen LogP contribution in [0.5, 0.6) is 0 Å². The van der Waals surface area contributed by atoms with Gasteiger partial charge in [0.15, 0.2) is 5.16 Å². The van der Waals surface area contributed by atoms with E-state index >= 15 is 0 Å². The normalized spacial score (nSPS) is 10.8. The van der Waals surface area contributed by atoms with Gasteiger partial charge in [-0.05, 0) is 12.5 Å². The van der Waals surface area contributed by atoms with Crippen LogP contribution in [0.15, 0.2) is 33.1 Å². The van der Waals surface area contributed by atoms with Crippen molar-refractivity contribution in [1.29, 1.82) is 0 Å². The Hall–Kier alpha value is -1.96. The molecule has 0 amide bonds. The number of H-pyrrole nitrogens is 1. The minimum absolute atomic E-state index is 0.0635. The van der Waals surface area contributed by atoms with Gasteiger partial charge in [0.25, 0.3) is 5.56 Å². The molecule has 2 aromatic heterocycles. The van der Waals surface area contributed by atoms with Crippen molar-refractivity contribution in [1.82, 2.24) is 19.3 Å². The second-order valence-electron chi connectivity index (χ2n) is 4.07. The van der Waals surface area contributed by atoms with Gasteiger partial charge >= 0.3 is 5.69 Å². The van der Waals surface area contributed by atoms with E-state index < -0.39 is 0 Å². The number of pyridine rings is 1. The van der Waals surface area contributed by atoms with E-state index in [0.717, 1.165) is 12.2 Å². The smallest absolute Gasteiger partial charge is 0.343 e. The molecule has 19 heavy (non-hydrogen) atoms. The molecule has 0 saturated heterocycles. The van der Waals surface area contributed by atoms with Crippen LogP contribution in [-0.4, -0.2) is 25.1 Å². The quantitative estimate of drug-likeness (QED) is 0.595. The lowest BCUT2D eigenvalue weighted by atomic mass is 10.4. The monoisotopic (exact) mass is 281 g/mol. The van der Waals surface area contributed by atoms with Gasteiger partial charge in [-0.1, -0.05) is 11.8 Å². The summed E-state index contributed by atoms with van der Waals surface area (Å²) >= 11 is 1.47. The van der Waals surface area contributed by atoms with Crippen LogP contribution >= 0.6 is 11.8 Å². The SMILES string of the molecule is Cn1c(SCCCn2cc(N)ccc2=O)n[nH]c1=O. The molecular formula is C11H15N5O2S. The number of aryl methyl sites for hydroxylation is 1. The largest absolute Gasteiger partial charge is 0.398 e.